The number of nitrogens with zero attached hydrogens (tertiary/aromatic N) is 1. The van der Waals surface area contributed by atoms with Crippen molar-refractivity contribution in [2.45, 2.75) is 69.5 Å². The standard InChI is InChI=1S/C23H27ClN4O4/c1-11-14(24)8-7-13-19(11)26-22(32)23(13)18-17(15(27-23)9-10-16(25)29)20(30)28(21(18)31)12-5-3-2-4-6-12/h7-8,12,15,17-18,27H,2-6,9-10H2,1H3,(H2,25,29)(H,26,32)/t15-,17-,18+,23-/m1/s1. The van der Waals surface area contributed by atoms with E-state index in [2.05, 4.69) is 10.6 Å². The third-order valence-corrected chi connectivity index (χ3v) is 8.17. The maximum Gasteiger partial charge on any atom is 0.250 e. The third kappa shape index (κ3) is 2.85. The minimum Gasteiger partial charge on any atom is -0.370 e. The summed E-state index contributed by atoms with van der Waals surface area (Å²) in [6.07, 6.45) is 4.99. The molecule has 0 aromatic heterocycles. The molecule has 3 heterocycles. The van der Waals surface area contributed by atoms with Gasteiger partial charge < -0.3 is 11.1 Å². The Bertz CT molecular complexity index is 1040. The summed E-state index contributed by atoms with van der Waals surface area (Å²) in [5, 5.41) is 6.75. The Labute approximate surface area is 191 Å². The highest BCUT2D eigenvalue weighted by molar-refractivity contribution is 6.32. The molecule has 4 aliphatic rings. The molecule has 170 valence electrons. The molecule has 4 N–H and O–H groups in total. The number of hydrogen-bond acceptors (Lipinski definition) is 5. The normalized spacial score (nSPS) is 31.9. The summed E-state index contributed by atoms with van der Waals surface area (Å²) >= 11 is 6.28. The fourth-order valence-corrected chi connectivity index (χ4v) is 6.41. The molecule has 0 bridgehead atoms. The molecule has 9 heteroatoms. The van der Waals surface area contributed by atoms with Crippen molar-refractivity contribution < 1.29 is 19.2 Å². The Morgan fingerprint density at radius 3 is 2.59 bits per heavy atom. The number of likely N-dealkylation sites (tertiary alicyclic amines) is 1. The summed E-state index contributed by atoms with van der Waals surface area (Å²) in [5.41, 5.74) is 5.94. The van der Waals surface area contributed by atoms with Gasteiger partial charge >= 0.3 is 0 Å². The minimum absolute atomic E-state index is 0.0655. The van der Waals surface area contributed by atoms with Gasteiger partial charge in [0.2, 0.25) is 23.6 Å². The van der Waals surface area contributed by atoms with Crippen LogP contribution in [0.5, 0.6) is 0 Å². The van der Waals surface area contributed by atoms with Crippen molar-refractivity contribution >= 4 is 40.9 Å². The fraction of sp³-hybridized carbons (Fsp3) is 0.565. The predicted octanol–water partition coefficient (Wildman–Crippen LogP) is 1.97. The third-order valence-electron chi connectivity index (χ3n) is 7.76. The van der Waals surface area contributed by atoms with Crippen molar-refractivity contribution in [3.05, 3.63) is 28.3 Å². The number of rotatable bonds is 4. The highest BCUT2D eigenvalue weighted by Crippen LogP contribution is 2.55. The number of anilines is 1. The summed E-state index contributed by atoms with van der Waals surface area (Å²) in [6, 6.07) is 2.83. The Balaban J connectivity index is 1.62. The van der Waals surface area contributed by atoms with Crippen molar-refractivity contribution in [1.82, 2.24) is 10.2 Å². The lowest BCUT2D eigenvalue weighted by Gasteiger charge is -2.34. The molecule has 3 fully saturated rings. The number of nitrogens with one attached hydrogen (secondary N) is 2. The first-order valence-corrected chi connectivity index (χ1v) is 11.7. The van der Waals surface area contributed by atoms with Crippen molar-refractivity contribution in [2.75, 3.05) is 5.32 Å². The monoisotopic (exact) mass is 458 g/mol. The van der Waals surface area contributed by atoms with E-state index in [9.17, 15) is 19.2 Å². The lowest BCUT2D eigenvalue weighted by molar-refractivity contribution is -0.146. The van der Waals surface area contributed by atoms with Crippen LogP contribution in [0.3, 0.4) is 0 Å². The Kier molecular flexibility index (Phi) is 5.05. The fourth-order valence-electron chi connectivity index (χ4n) is 6.26. The summed E-state index contributed by atoms with van der Waals surface area (Å²) in [7, 11) is 0. The van der Waals surface area contributed by atoms with Crippen LogP contribution in [0.1, 0.15) is 56.1 Å². The number of imide groups is 1. The van der Waals surface area contributed by atoms with Crippen LogP contribution in [0.2, 0.25) is 5.02 Å². The molecule has 1 saturated carbocycles. The van der Waals surface area contributed by atoms with Gasteiger partial charge in [-0.3, -0.25) is 29.4 Å². The number of amides is 4. The Morgan fingerprint density at radius 1 is 1.19 bits per heavy atom. The van der Waals surface area contributed by atoms with Gasteiger partial charge in [-0.1, -0.05) is 36.9 Å². The maximum atomic E-state index is 13.8. The molecule has 4 atom stereocenters. The maximum absolute atomic E-state index is 13.8. The molecule has 1 aromatic carbocycles. The van der Waals surface area contributed by atoms with Crippen LogP contribution >= 0.6 is 11.6 Å². The average Bonchev–Trinajstić information content (AvgIpc) is 3.35. The number of nitrogens with two attached hydrogens (primary N) is 1. The molecule has 4 amide bonds. The SMILES string of the molecule is Cc1c(Cl)ccc2c1NC(=O)[C@@]21N[C@H](CCC(N)=O)[C@H]2C(=O)N(C3CCCCC3)C(=O)[C@H]21. The molecule has 0 radical (unpaired) electrons. The second kappa shape index (κ2) is 7.56. The van der Waals surface area contributed by atoms with E-state index >= 15 is 0 Å². The molecule has 3 aliphatic heterocycles. The van der Waals surface area contributed by atoms with Crippen LogP contribution in [-0.2, 0) is 24.7 Å². The van der Waals surface area contributed by atoms with Crippen LogP contribution < -0.4 is 16.4 Å². The van der Waals surface area contributed by atoms with Crippen molar-refractivity contribution in [3.63, 3.8) is 0 Å². The number of halogens is 1. The number of carbonyl (C=O) groups is 4. The van der Waals surface area contributed by atoms with Gasteiger partial charge in [0.15, 0.2) is 0 Å². The zero-order chi connectivity index (χ0) is 22.8. The van der Waals surface area contributed by atoms with E-state index in [4.69, 9.17) is 17.3 Å². The lowest BCUT2D eigenvalue weighted by atomic mass is 9.76. The summed E-state index contributed by atoms with van der Waals surface area (Å²) in [5.74, 6) is -2.95. The van der Waals surface area contributed by atoms with Crippen molar-refractivity contribution in [3.8, 4) is 0 Å². The van der Waals surface area contributed by atoms with Gasteiger partial charge in [0, 0.05) is 29.1 Å². The van der Waals surface area contributed by atoms with Crippen LogP contribution in [-0.4, -0.2) is 40.6 Å². The number of fused-ring (bicyclic) bond motifs is 4. The number of benzene rings is 1. The molecule has 0 unspecified atom stereocenters. The van der Waals surface area contributed by atoms with Gasteiger partial charge in [-0.2, -0.15) is 0 Å². The van der Waals surface area contributed by atoms with E-state index in [1.165, 1.54) is 4.90 Å². The van der Waals surface area contributed by atoms with Gasteiger partial charge in [0.25, 0.3) is 0 Å². The second-order valence-corrected chi connectivity index (χ2v) is 9.86. The van der Waals surface area contributed by atoms with Crippen LogP contribution in [0.4, 0.5) is 5.69 Å². The second-order valence-electron chi connectivity index (χ2n) is 9.45. The largest absolute Gasteiger partial charge is 0.370 e. The molecular weight excluding hydrogens is 432 g/mol. The van der Waals surface area contributed by atoms with Gasteiger partial charge in [-0.05, 0) is 37.8 Å². The molecule has 5 rings (SSSR count). The van der Waals surface area contributed by atoms with E-state index in [1.807, 2.05) is 6.92 Å². The first-order valence-electron chi connectivity index (χ1n) is 11.3. The van der Waals surface area contributed by atoms with Crippen LogP contribution in [0.15, 0.2) is 12.1 Å². The number of primary amides is 1. The van der Waals surface area contributed by atoms with E-state index < -0.39 is 29.3 Å². The highest BCUT2D eigenvalue weighted by Gasteiger charge is 2.70. The quantitative estimate of drug-likeness (QED) is 0.595. The van der Waals surface area contributed by atoms with Gasteiger partial charge in [-0.15, -0.1) is 0 Å². The van der Waals surface area contributed by atoms with Gasteiger partial charge in [0.1, 0.15) is 5.54 Å². The van der Waals surface area contributed by atoms with E-state index in [-0.39, 0.29) is 36.6 Å². The molecule has 1 aliphatic carbocycles. The predicted molar refractivity (Wildman–Crippen MR) is 118 cm³/mol. The molecule has 8 nitrogen and oxygen atoms in total. The van der Waals surface area contributed by atoms with Gasteiger partial charge in [-0.25, -0.2) is 0 Å². The molecule has 2 saturated heterocycles. The molecule has 1 spiro atoms. The highest BCUT2D eigenvalue weighted by atomic mass is 35.5. The number of carbonyl (C=O) groups excluding carboxylic acids is 4. The first kappa shape index (κ1) is 21.4. The summed E-state index contributed by atoms with van der Waals surface area (Å²) in [6.45, 7) is 1.81. The van der Waals surface area contributed by atoms with Crippen LogP contribution in [0, 0.1) is 18.8 Å². The Morgan fingerprint density at radius 2 is 1.91 bits per heavy atom. The van der Waals surface area contributed by atoms with E-state index in [1.54, 1.807) is 12.1 Å². The average molecular weight is 459 g/mol. The topological polar surface area (TPSA) is 122 Å². The zero-order valence-electron chi connectivity index (χ0n) is 17.9. The summed E-state index contributed by atoms with van der Waals surface area (Å²) in [4.78, 5) is 53.9. The van der Waals surface area contributed by atoms with E-state index in [0.29, 0.717) is 21.8 Å². The van der Waals surface area contributed by atoms with Gasteiger partial charge in [0.05, 0.1) is 17.5 Å². The minimum atomic E-state index is -1.37. The lowest BCUT2D eigenvalue weighted by Crippen LogP contribution is -2.54. The van der Waals surface area contributed by atoms with E-state index in [0.717, 1.165) is 32.1 Å². The molecule has 1 aromatic rings. The van der Waals surface area contributed by atoms with Crippen LogP contribution in [0.25, 0.3) is 0 Å². The first-order chi connectivity index (χ1) is 15.3. The smallest absolute Gasteiger partial charge is 0.250 e. The Hall–Kier alpha value is -2.45. The molecular formula is C23H27ClN4O4. The molecule has 32 heavy (non-hydrogen) atoms. The summed E-state index contributed by atoms with van der Waals surface area (Å²) < 4.78 is 0. The van der Waals surface area contributed by atoms with Crippen molar-refractivity contribution in [2.24, 2.45) is 17.6 Å². The number of hydrogen-bond donors (Lipinski definition) is 3. The van der Waals surface area contributed by atoms with Crippen molar-refractivity contribution in [1.29, 1.82) is 0 Å². The zero-order valence-corrected chi connectivity index (χ0v) is 18.7.